The zero-order chi connectivity index (χ0) is 12.5. The summed E-state index contributed by atoms with van der Waals surface area (Å²) in [7, 11) is 0. The predicted octanol–water partition coefficient (Wildman–Crippen LogP) is 4.59. The van der Waals surface area contributed by atoms with Gasteiger partial charge in [0.2, 0.25) is 0 Å². The summed E-state index contributed by atoms with van der Waals surface area (Å²) in [5.74, 6) is 0.364. The van der Waals surface area contributed by atoms with Gasteiger partial charge in [-0.3, -0.25) is 0 Å². The van der Waals surface area contributed by atoms with E-state index in [-0.39, 0.29) is 0 Å². The number of hydrogen-bond acceptors (Lipinski definition) is 1. The fourth-order valence-electron chi connectivity index (χ4n) is 2.71. The van der Waals surface area contributed by atoms with E-state index in [9.17, 15) is 5.11 Å². The normalized spacial score (nSPS) is 22.4. The molecular formula is C15H21ClO. The van der Waals surface area contributed by atoms with E-state index in [1.807, 2.05) is 24.3 Å². The van der Waals surface area contributed by atoms with Crippen molar-refractivity contribution < 1.29 is 5.11 Å². The zero-order valence-corrected chi connectivity index (χ0v) is 11.4. The smallest absolute Gasteiger partial charge is 0.0832 e. The Morgan fingerprint density at radius 2 is 1.82 bits per heavy atom. The Hall–Kier alpha value is -0.530. The van der Waals surface area contributed by atoms with E-state index in [2.05, 4.69) is 13.8 Å². The Morgan fingerprint density at radius 3 is 2.41 bits per heavy atom. The van der Waals surface area contributed by atoms with Gasteiger partial charge in [0.15, 0.2) is 0 Å². The molecule has 1 aromatic carbocycles. The molecule has 0 amide bonds. The molecule has 1 aromatic rings. The second-order valence-electron chi connectivity index (χ2n) is 5.97. The Morgan fingerprint density at radius 1 is 1.24 bits per heavy atom. The minimum atomic E-state index is -0.403. The lowest BCUT2D eigenvalue weighted by Crippen LogP contribution is -2.25. The van der Waals surface area contributed by atoms with Crippen LogP contribution in [0.2, 0.25) is 5.02 Å². The van der Waals surface area contributed by atoms with Crippen molar-refractivity contribution in [3.05, 3.63) is 34.9 Å². The molecule has 17 heavy (non-hydrogen) atoms. The molecular weight excluding hydrogens is 232 g/mol. The second kappa shape index (κ2) is 4.99. The van der Waals surface area contributed by atoms with E-state index in [0.717, 1.165) is 18.4 Å². The van der Waals surface area contributed by atoms with E-state index in [0.29, 0.717) is 16.4 Å². The molecule has 0 bridgehead atoms. The molecule has 0 saturated heterocycles. The highest BCUT2D eigenvalue weighted by atomic mass is 35.5. The number of rotatable bonds is 2. The quantitative estimate of drug-likeness (QED) is 0.816. The Kier molecular flexibility index (Phi) is 3.79. The topological polar surface area (TPSA) is 20.2 Å². The molecule has 2 rings (SSSR count). The average molecular weight is 253 g/mol. The standard InChI is InChI=1S/C15H21ClO/c1-15(2)9-7-11(8-10-15)14(17)12-5-3-4-6-13(12)16/h3-6,11,14,17H,7-10H2,1-2H3. The van der Waals surface area contributed by atoms with E-state index in [4.69, 9.17) is 11.6 Å². The summed E-state index contributed by atoms with van der Waals surface area (Å²) >= 11 is 6.13. The van der Waals surface area contributed by atoms with Crippen LogP contribution in [0.4, 0.5) is 0 Å². The van der Waals surface area contributed by atoms with Gasteiger partial charge in [-0.15, -0.1) is 0 Å². The van der Waals surface area contributed by atoms with Crippen molar-refractivity contribution in [1.29, 1.82) is 0 Å². The molecule has 0 radical (unpaired) electrons. The molecule has 1 atom stereocenters. The number of aliphatic hydroxyl groups is 1. The zero-order valence-electron chi connectivity index (χ0n) is 10.6. The summed E-state index contributed by atoms with van der Waals surface area (Å²) in [6, 6.07) is 7.64. The maximum absolute atomic E-state index is 10.4. The minimum absolute atomic E-state index is 0.364. The van der Waals surface area contributed by atoms with Crippen LogP contribution in [0.3, 0.4) is 0 Å². The maximum atomic E-state index is 10.4. The number of halogens is 1. The average Bonchev–Trinajstić information content (AvgIpc) is 2.29. The highest BCUT2D eigenvalue weighted by molar-refractivity contribution is 6.31. The van der Waals surface area contributed by atoms with Gasteiger partial charge < -0.3 is 5.11 Å². The Bertz CT molecular complexity index is 376. The van der Waals surface area contributed by atoms with Crippen LogP contribution >= 0.6 is 11.6 Å². The molecule has 1 aliphatic carbocycles. The van der Waals surface area contributed by atoms with Crippen LogP contribution in [-0.2, 0) is 0 Å². The summed E-state index contributed by atoms with van der Waals surface area (Å²) in [4.78, 5) is 0. The molecule has 1 aliphatic rings. The van der Waals surface area contributed by atoms with Crippen LogP contribution < -0.4 is 0 Å². The Balaban J connectivity index is 2.07. The van der Waals surface area contributed by atoms with Crippen LogP contribution in [0.25, 0.3) is 0 Å². The fraction of sp³-hybridized carbons (Fsp3) is 0.600. The van der Waals surface area contributed by atoms with Crippen molar-refractivity contribution in [2.45, 2.75) is 45.6 Å². The number of hydrogen-bond donors (Lipinski definition) is 1. The number of aliphatic hydroxyl groups excluding tert-OH is 1. The van der Waals surface area contributed by atoms with Crippen molar-refractivity contribution in [2.24, 2.45) is 11.3 Å². The predicted molar refractivity (Wildman–Crippen MR) is 72.2 cm³/mol. The first-order valence-corrected chi connectivity index (χ1v) is 6.80. The highest BCUT2D eigenvalue weighted by Gasteiger charge is 2.31. The molecule has 1 fully saturated rings. The summed E-state index contributed by atoms with van der Waals surface area (Å²) in [6.45, 7) is 4.62. The Labute approximate surface area is 109 Å². The van der Waals surface area contributed by atoms with Crippen molar-refractivity contribution in [3.8, 4) is 0 Å². The summed E-state index contributed by atoms with van der Waals surface area (Å²) in [6.07, 6.45) is 4.18. The third kappa shape index (κ3) is 3.02. The van der Waals surface area contributed by atoms with Crippen LogP contribution in [0.5, 0.6) is 0 Å². The van der Waals surface area contributed by atoms with Gasteiger partial charge >= 0.3 is 0 Å². The molecule has 94 valence electrons. The van der Waals surface area contributed by atoms with E-state index in [1.54, 1.807) is 0 Å². The molecule has 2 heteroatoms. The molecule has 1 N–H and O–H groups in total. The van der Waals surface area contributed by atoms with Crippen LogP contribution in [0.1, 0.15) is 51.2 Å². The second-order valence-corrected chi connectivity index (χ2v) is 6.38. The maximum Gasteiger partial charge on any atom is 0.0832 e. The van der Waals surface area contributed by atoms with Gasteiger partial charge in [0.1, 0.15) is 0 Å². The fourth-order valence-corrected chi connectivity index (χ4v) is 2.95. The molecule has 0 aromatic heterocycles. The number of benzene rings is 1. The summed E-state index contributed by atoms with van der Waals surface area (Å²) < 4.78 is 0. The van der Waals surface area contributed by atoms with Gasteiger partial charge in [0.05, 0.1) is 6.10 Å². The highest BCUT2D eigenvalue weighted by Crippen LogP contribution is 2.43. The van der Waals surface area contributed by atoms with Gasteiger partial charge in [-0.05, 0) is 48.6 Å². The first kappa shape index (κ1) is 12.9. The summed E-state index contributed by atoms with van der Waals surface area (Å²) in [5.41, 5.74) is 1.33. The third-order valence-electron chi connectivity index (χ3n) is 4.05. The molecule has 0 aliphatic heterocycles. The van der Waals surface area contributed by atoms with E-state index >= 15 is 0 Å². The largest absolute Gasteiger partial charge is 0.388 e. The van der Waals surface area contributed by atoms with Crippen LogP contribution in [0.15, 0.2) is 24.3 Å². The van der Waals surface area contributed by atoms with Gasteiger partial charge in [-0.1, -0.05) is 43.6 Å². The van der Waals surface area contributed by atoms with E-state index < -0.39 is 6.10 Å². The first-order chi connectivity index (χ1) is 7.99. The van der Waals surface area contributed by atoms with Crippen molar-refractivity contribution in [2.75, 3.05) is 0 Å². The van der Waals surface area contributed by atoms with Gasteiger partial charge in [-0.25, -0.2) is 0 Å². The van der Waals surface area contributed by atoms with Crippen molar-refractivity contribution in [3.63, 3.8) is 0 Å². The van der Waals surface area contributed by atoms with E-state index in [1.165, 1.54) is 12.8 Å². The summed E-state index contributed by atoms with van der Waals surface area (Å²) in [5, 5.41) is 11.1. The lowest BCUT2D eigenvalue weighted by Gasteiger charge is -2.36. The van der Waals surface area contributed by atoms with Crippen LogP contribution in [-0.4, -0.2) is 5.11 Å². The van der Waals surface area contributed by atoms with Gasteiger partial charge in [-0.2, -0.15) is 0 Å². The SMILES string of the molecule is CC1(C)CCC(C(O)c2ccccc2Cl)CC1. The van der Waals surface area contributed by atoms with Crippen molar-refractivity contribution >= 4 is 11.6 Å². The van der Waals surface area contributed by atoms with Crippen molar-refractivity contribution in [1.82, 2.24) is 0 Å². The molecule has 0 heterocycles. The minimum Gasteiger partial charge on any atom is -0.388 e. The van der Waals surface area contributed by atoms with Gasteiger partial charge in [0.25, 0.3) is 0 Å². The first-order valence-electron chi connectivity index (χ1n) is 6.42. The monoisotopic (exact) mass is 252 g/mol. The van der Waals surface area contributed by atoms with Gasteiger partial charge in [0, 0.05) is 5.02 Å². The third-order valence-corrected chi connectivity index (χ3v) is 4.40. The van der Waals surface area contributed by atoms with Crippen LogP contribution in [0, 0.1) is 11.3 Å². The lowest BCUT2D eigenvalue weighted by atomic mass is 9.71. The lowest BCUT2D eigenvalue weighted by molar-refractivity contribution is 0.0568. The molecule has 1 nitrogen and oxygen atoms in total. The molecule has 0 spiro atoms. The molecule has 1 saturated carbocycles. The molecule has 1 unspecified atom stereocenters.